The van der Waals surface area contributed by atoms with Crippen LogP contribution in [0.4, 0.5) is 5.69 Å². The summed E-state index contributed by atoms with van der Waals surface area (Å²) in [6.07, 6.45) is 0. The SMILES string of the molecule is COc1ccc(Br)cc1C(=O)Nc1cc(-c2ccc(CO)o2)ccc1Cl. The van der Waals surface area contributed by atoms with Crippen LogP contribution in [0.3, 0.4) is 0 Å². The van der Waals surface area contributed by atoms with Gasteiger partial charge in [0, 0.05) is 10.0 Å². The molecular formula is C19H15BrClNO4. The van der Waals surface area contributed by atoms with Gasteiger partial charge in [0.15, 0.2) is 0 Å². The van der Waals surface area contributed by atoms with Crippen molar-refractivity contribution in [2.75, 3.05) is 12.4 Å². The van der Waals surface area contributed by atoms with Gasteiger partial charge in [-0.15, -0.1) is 0 Å². The number of carbonyl (C=O) groups excluding carboxylic acids is 1. The minimum Gasteiger partial charge on any atom is -0.496 e. The summed E-state index contributed by atoms with van der Waals surface area (Å²) in [6, 6.07) is 13.8. The number of hydrogen-bond donors (Lipinski definition) is 2. The van der Waals surface area contributed by atoms with Crippen molar-refractivity contribution < 1.29 is 19.1 Å². The average molecular weight is 437 g/mol. The van der Waals surface area contributed by atoms with Gasteiger partial charge < -0.3 is 19.6 Å². The molecule has 2 aromatic carbocycles. The zero-order valence-corrected chi connectivity index (χ0v) is 16.1. The third-order valence-corrected chi connectivity index (χ3v) is 4.55. The van der Waals surface area contributed by atoms with Gasteiger partial charge in [-0.1, -0.05) is 27.5 Å². The number of benzene rings is 2. The van der Waals surface area contributed by atoms with Crippen molar-refractivity contribution in [2.45, 2.75) is 6.61 Å². The molecule has 3 rings (SSSR count). The zero-order valence-electron chi connectivity index (χ0n) is 13.8. The summed E-state index contributed by atoms with van der Waals surface area (Å²) in [4.78, 5) is 12.7. The van der Waals surface area contributed by atoms with Crippen LogP contribution in [0, 0.1) is 0 Å². The lowest BCUT2D eigenvalue weighted by atomic mass is 10.1. The number of methoxy groups -OCH3 is 1. The van der Waals surface area contributed by atoms with Crippen LogP contribution in [0.2, 0.25) is 5.02 Å². The van der Waals surface area contributed by atoms with E-state index in [0.29, 0.717) is 33.5 Å². The van der Waals surface area contributed by atoms with E-state index in [9.17, 15) is 4.79 Å². The van der Waals surface area contributed by atoms with Crippen LogP contribution >= 0.6 is 27.5 Å². The highest BCUT2D eigenvalue weighted by atomic mass is 79.9. The van der Waals surface area contributed by atoms with E-state index < -0.39 is 0 Å². The summed E-state index contributed by atoms with van der Waals surface area (Å²) in [5, 5.41) is 12.3. The van der Waals surface area contributed by atoms with Gasteiger partial charge in [0.25, 0.3) is 5.91 Å². The molecule has 26 heavy (non-hydrogen) atoms. The number of carbonyl (C=O) groups is 1. The summed E-state index contributed by atoms with van der Waals surface area (Å²) in [5.41, 5.74) is 1.55. The number of hydrogen-bond acceptors (Lipinski definition) is 4. The minimum atomic E-state index is -0.349. The lowest BCUT2D eigenvalue weighted by Crippen LogP contribution is -2.13. The Bertz CT molecular complexity index is 954. The van der Waals surface area contributed by atoms with Crippen molar-refractivity contribution in [1.29, 1.82) is 0 Å². The van der Waals surface area contributed by atoms with Gasteiger partial charge >= 0.3 is 0 Å². The van der Waals surface area contributed by atoms with Crippen LogP contribution in [-0.2, 0) is 6.61 Å². The molecule has 0 saturated heterocycles. The fourth-order valence-corrected chi connectivity index (χ4v) is 2.97. The summed E-state index contributed by atoms with van der Waals surface area (Å²) >= 11 is 9.58. The number of ether oxygens (including phenoxy) is 1. The summed E-state index contributed by atoms with van der Waals surface area (Å²) in [7, 11) is 1.50. The molecule has 0 saturated carbocycles. The van der Waals surface area contributed by atoms with E-state index in [1.165, 1.54) is 7.11 Å². The Hall–Kier alpha value is -2.28. The highest BCUT2D eigenvalue weighted by molar-refractivity contribution is 9.10. The number of halogens is 2. The van der Waals surface area contributed by atoms with Crippen molar-refractivity contribution in [1.82, 2.24) is 0 Å². The molecule has 0 spiro atoms. The third-order valence-electron chi connectivity index (χ3n) is 3.72. The highest BCUT2D eigenvalue weighted by Gasteiger charge is 2.15. The van der Waals surface area contributed by atoms with Crippen molar-refractivity contribution in [3.05, 3.63) is 69.3 Å². The minimum absolute atomic E-state index is 0.181. The smallest absolute Gasteiger partial charge is 0.259 e. The molecule has 0 unspecified atom stereocenters. The van der Waals surface area contributed by atoms with E-state index >= 15 is 0 Å². The van der Waals surface area contributed by atoms with Crippen LogP contribution in [0.25, 0.3) is 11.3 Å². The number of nitrogens with one attached hydrogen (secondary N) is 1. The number of aliphatic hydroxyl groups excluding tert-OH is 1. The summed E-state index contributed by atoms with van der Waals surface area (Å²) < 4.78 is 11.5. The van der Waals surface area contributed by atoms with Crippen LogP contribution in [0.5, 0.6) is 5.75 Å². The highest BCUT2D eigenvalue weighted by Crippen LogP contribution is 2.31. The van der Waals surface area contributed by atoms with E-state index in [4.69, 9.17) is 25.9 Å². The predicted molar refractivity (Wildman–Crippen MR) is 104 cm³/mol. The molecule has 1 heterocycles. The second-order valence-corrected chi connectivity index (χ2v) is 6.74. The van der Waals surface area contributed by atoms with Crippen molar-refractivity contribution >= 4 is 39.1 Å². The predicted octanol–water partition coefficient (Wildman–Crippen LogP) is 5.12. The molecule has 0 radical (unpaired) electrons. The van der Waals surface area contributed by atoms with E-state index in [1.54, 1.807) is 48.5 Å². The molecule has 0 bridgehead atoms. The lowest BCUT2D eigenvalue weighted by Gasteiger charge is -2.12. The first kappa shape index (κ1) is 18.5. The largest absolute Gasteiger partial charge is 0.496 e. The van der Waals surface area contributed by atoms with Gasteiger partial charge in [-0.2, -0.15) is 0 Å². The number of aliphatic hydroxyl groups is 1. The molecule has 0 atom stereocenters. The monoisotopic (exact) mass is 435 g/mol. The van der Waals surface area contributed by atoms with Gasteiger partial charge in [-0.05, 0) is 48.5 Å². The molecule has 5 nitrogen and oxygen atoms in total. The first-order valence-electron chi connectivity index (χ1n) is 7.66. The topological polar surface area (TPSA) is 71.7 Å². The van der Waals surface area contributed by atoms with Gasteiger partial charge in [0.2, 0.25) is 0 Å². The number of anilines is 1. The second kappa shape index (κ2) is 7.95. The molecule has 1 aromatic heterocycles. The molecule has 0 fully saturated rings. The quantitative estimate of drug-likeness (QED) is 0.582. The number of rotatable bonds is 5. The Labute approximate surface area is 163 Å². The normalized spacial score (nSPS) is 10.6. The van der Waals surface area contributed by atoms with Gasteiger partial charge in [-0.25, -0.2) is 0 Å². The standard InChI is InChI=1S/C19H15BrClNO4/c1-25-18-6-3-12(20)9-14(18)19(24)22-16-8-11(2-5-15(16)21)17-7-4-13(10-23)26-17/h2-9,23H,10H2,1H3,(H,22,24). The molecule has 3 aromatic rings. The van der Waals surface area contributed by atoms with E-state index in [0.717, 1.165) is 10.0 Å². The van der Waals surface area contributed by atoms with Crippen molar-refractivity contribution in [3.63, 3.8) is 0 Å². The van der Waals surface area contributed by atoms with Crippen molar-refractivity contribution in [3.8, 4) is 17.1 Å². The second-order valence-electron chi connectivity index (χ2n) is 5.42. The Morgan fingerprint density at radius 2 is 2.04 bits per heavy atom. The lowest BCUT2D eigenvalue weighted by molar-refractivity contribution is 0.102. The zero-order chi connectivity index (χ0) is 18.7. The maximum Gasteiger partial charge on any atom is 0.259 e. The number of amides is 1. The molecule has 0 aliphatic heterocycles. The molecule has 0 aliphatic carbocycles. The Morgan fingerprint density at radius 3 is 2.73 bits per heavy atom. The molecular weight excluding hydrogens is 422 g/mol. The Kier molecular flexibility index (Phi) is 5.66. The summed E-state index contributed by atoms with van der Waals surface area (Å²) in [6.45, 7) is -0.181. The average Bonchev–Trinajstić information content (AvgIpc) is 3.12. The van der Waals surface area contributed by atoms with Crippen LogP contribution < -0.4 is 10.1 Å². The van der Waals surface area contributed by atoms with Gasteiger partial charge in [0.1, 0.15) is 23.9 Å². The Morgan fingerprint density at radius 1 is 1.23 bits per heavy atom. The first-order valence-corrected chi connectivity index (χ1v) is 8.83. The fraction of sp³-hybridized carbons (Fsp3) is 0.105. The number of furan rings is 1. The maximum atomic E-state index is 12.7. The van der Waals surface area contributed by atoms with Crippen molar-refractivity contribution in [2.24, 2.45) is 0 Å². The van der Waals surface area contributed by atoms with Crippen LogP contribution in [0.15, 0.2) is 57.4 Å². The van der Waals surface area contributed by atoms with E-state index in [-0.39, 0.29) is 12.5 Å². The molecule has 7 heteroatoms. The molecule has 2 N–H and O–H groups in total. The van der Waals surface area contributed by atoms with E-state index in [1.807, 2.05) is 0 Å². The first-order chi connectivity index (χ1) is 12.5. The molecule has 1 amide bonds. The van der Waals surface area contributed by atoms with E-state index in [2.05, 4.69) is 21.2 Å². The van der Waals surface area contributed by atoms with Crippen LogP contribution in [-0.4, -0.2) is 18.1 Å². The van der Waals surface area contributed by atoms with Gasteiger partial charge in [-0.3, -0.25) is 4.79 Å². The third kappa shape index (κ3) is 3.93. The molecule has 134 valence electrons. The summed E-state index contributed by atoms with van der Waals surface area (Å²) in [5.74, 6) is 1.13. The Balaban J connectivity index is 1.91. The molecule has 0 aliphatic rings. The fourth-order valence-electron chi connectivity index (χ4n) is 2.44. The van der Waals surface area contributed by atoms with Crippen LogP contribution in [0.1, 0.15) is 16.1 Å². The maximum absolute atomic E-state index is 12.7. The van der Waals surface area contributed by atoms with Gasteiger partial charge in [0.05, 0.1) is 23.4 Å².